The summed E-state index contributed by atoms with van der Waals surface area (Å²) in [6.45, 7) is 1.37. The van der Waals surface area contributed by atoms with Gasteiger partial charge in [-0.3, -0.25) is 4.79 Å². The van der Waals surface area contributed by atoms with Crippen LogP contribution in [0.15, 0.2) is 18.2 Å². The van der Waals surface area contributed by atoms with E-state index < -0.39 is 11.6 Å². The lowest BCUT2D eigenvalue weighted by Crippen LogP contribution is -2.32. The minimum Gasteiger partial charge on any atom is -0.484 e. The maximum atomic E-state index is 12.9. The van der Waals surface area contributed by atoms with Crippen molar-refractivity contribution in [1.82, 2.24) is 4.90 Å². The fraction of sp³-hybridized carbons (Fsp3) is 0.417. The summed E-state index contributed by atoms with van der Waals surface area (Å²) in [6, 6.07) is 3.22. The Hall–Kier alpha value is -1.65. The molecule has 1 aliphatic rings. The molecule has 17 heavy (non-hydrogen) atoms. The molecule has 1 fully saturated rings. The van der Waals surface area contributed by atoms with E-state index in [2.05, 4.69) is 0 Å². The number of likely N-dealkylation sites (tertiary alicyclic amines) is 1. The zero-order valence-electron chi connectivity index (χ0n) is 9.29. The van der Waals surface area contributed by atoms with Crippen molar-refractivity contribution < 1.29 is 18.3 Å². The molecule has 0 bridgehead atoms. The zero-order chi connectivity index (χ0) is 12.3. The van der Waals surface area contributed by atoms with Gasteiger partial charge in [0.2, 0.25) is 0 Å². The first-order chi connectivity index (χ1) is 8.16. The lowest BCUT2D eigenvalue weighted by atomic mass is 10.3. The zero-order valence-corrected chi connectivity index (χ0v) is 9.29. The molecule has 0 spiro atoms. The van der Waals surface area contributed by atoms with Crippen molar-refractivity contribution in [2.75, 3.05) is 19.7 Å². The summed E-state index contributed by atoms with van der Waals surface area (Å²) in [4.78, 5) is 13.3. The van der Waals surface area contributed by atoms with Crippen molar-refractivity contribution in [2.24, 2.45) is 0 Å². The molecule has 1 aliphatic heterocycles. The summed E-state index contributed by atoms with van der Waals surface area (Å²) in [5.74, 6) is -1.86. The van der Waals surface area contributed by atoms with E-state index in [4.69, 9.17) is 4.74 Å². The van der Waals surface area contributed by atoms with Gasteiger partial charge in [-0.2, -0.15) is 0 Å². The van der Waals surface area contributed by atoms with E-state index in [-0.39, 0.29) is 18.3 Å². The number of rotatable bonds is 3. The molecule has 1 amide bonds. The van der Waals surface area contributed by atoms with Crippen LogP contribution in [-0.2, 0) is 4.79 Å². The van der Waals surface area contributed by atoms with Crippen molar-refractivity contribution in [2.45, 2.75) is 12.8 Å². The van der Waals surface area contributed by atoms with Crippen LogP contribution < -0.4 is 4.74 Å². The van der Waals surface area contributed by atoms with Crippen molar-refractivity contribution in [3.05, 3.63) is 29.8 Å². The summed E-state index contributed by atoms with van der Waals surface area (Å²) in [6.07, 6.45) is 2.02. The molecule has 0 atom stereocenters. The standard InChI is InChI=1S/C12H13F2NO2/c13-10-4-3-9(7-11(10)14)17-8-12(16)15-5-1-2-6-15/h3-4,7H,1-2,5-6,8H2. The number of nitrogens with zero attached hydrogens (tertiary/aromatic N) is 1. The minimum atomic E-state index is -0.976. The first-order valence-electron chi connectivity index (χ1n) is 5.52. The summed E-state index contributed by atoms with van der Waals surface area (Å²) < 4.78 is 30.6. The number of hydrogen-bond acceptors (Lipinski definition) is 2. The molecule has 0 N–H and O–H groups in total. The SMILES string of the molecule is O=C(COc1ccc(F)c(F)c1)N1CCCC1. The molecular formula is C12H13F2NO2. The molecule has 0 aliphatic carbocycles. The number of hydrogen-bond donors (Lipinski definition) is 0. The Kier molecular flexibility index (Phi) is 3.56. The largest absolute Gasteiger partial charge is 0.484 e. The van der Waals surface area contributed by atoms with Gasteiger partial charge in [-0.15, -0.1) is 0 Å². The second-order valence-electron chi connectivity index (χ2n) is 3.95. The number of amides is 1. The smallest absolute Gasteiger partial charge is 0.260 e. The first kappa shape index (κ1) is 11.8. The lowest BCUT2D eigenvalue weighted by Gasteiger charge is -2.15. The number of benzene rings is 1. The Morgan fingerprint density at radius 2 is 1.94 bits per heavy atom. The molecule has 2 rings (SSSR count). The number of carbonyl (C=O) groups excluding carboxylic acids is 1. The van der Waals surface area contributed by atoms with Crippen LogP contribution in [0, 0.1) is 11.6 Å². The first-order valence-corrected chi connectivity index (χ1v) is 5.52. The van der Waals surface area contributed by atoms with E-state index in [1.807, 2.05) is 0 Å². The van der Waals surface area contributed by atoms with Gasteiger partial charge >= 0.3 is 0 Å². The van der Waals surface area contributed by atoms with Crippen molar-refractivity contribution in [3.8, 4) is 5.75 Å². The van der Waals surface area contributed by atoms with Gasteiger partial charge in [-0.1, -0.05) is 0 Å². The van der Waals surface area contributed by atoms with E-state index >= 15 is 0 Å². The predicted molar refractivity (Wildman–Crippen MR) is 57.7 cm³/mol. The van der Waals surface area contributed by atoms with Gasteiger partial charge in [-0.05, 0) is 25.0 Å². The highest BCUT2D eigenvalue weighted by molar-refractivity contribution is 5.78. The Balaban J connectivity index is 1.88. The number of ether oxygens (including phenoxy) is 1. The van der Waals surface area contributed by atoms with Gasteiger partial charge in [0.1, 0.15) is 5.75 Å². The van der Waals surface area contributed by atoms with Gasteiger partial charge in [0, 0.05) is 19.2 Å². The Morgan fingerprint density at radius 3 is 2.59 bits per heavy atom. The third kappa shape index (κ3) is 2.93. The topological polar surface area (TPSA) is 29.5 Å². The number of halogens is 2. The molecule has 0 radical (unpaired) electrons. The van der Waals surface area contributed by atoms with Crippen LogP contribution in [0.5, 0.6) is 5.75 Å². The second-order valence-corrected chi connectivity index (χ2v) is 3.95. The van der Waals surface area contributed by atoms with Crippen LogP contribution in [-0.4, -0.2) is 30.5 Å². The fourth-order valence-corrected chi connectivity index (χ4v) is 1.77. The van der Waals surface area contributed by atoms with Crippen molar-refractivity contribution >= 4 is 5.91 Å². The van der Waals surface area contributed by atoms with E-state index in [1.165, 1.54) is 6.07 Å². The molecule has 1 heterocycles. The Labute approximate surface area is 98.0 Å². The van der Waals surface area contributed by atoms with E-state index in [0.717, 1.165) is 38.1 Å². The van der Waals surface area contributed by atoms with E-state index in [1.54, 1.807) is 4.90 Å². The minimum absolute atomic E-state index is 0.118. The van der Waals surface area contributed by atoms with Gasteiger partial charge in [0.15, 0.2) is 18.2 Å². The van der Waals surface area contributed by atoms with Crippen LogP contribution in [0.1, 0.15) is 12.8 Å². The predicted octanol–water partition coefficient (Wildman–Crippen LogP) is 1.97. The third-order valence-electron chi connectivity index (χ3n) is 2.71. The molecule has 1 aromatic carbocycles. The summed E-state index contributed by atoms with van der Waals surface area (Å²) in [7, 11) is 0. The highest BCUT2D eigenvalue weighted by Gasteiger charge is 2.18. The van der Waals surface area contributed by atoms with Crippen molar-refractivity contribution in [3.63, 3.8) is 0 Å². The lowest BCUT2D eigenvalue weighted by molar-refractivity contribution is -0.132. The summed E-state index contributed by atoms with van der Waals surface area (Å²) >= 11 is 0. The molecule has 0 unspecified atom stereocenters. The quantitative estimate of drug-likeness (QED) is 0.809. The van der Waals surface area contributed by atoms with Crippen LogP contribution in [0.4, 0.5) is 8.78 Å². The summed E-state index contributed by atoms with van der Waals surface area (Å²) in [5, 5.41) is 0. The van der Waals surface area contributed by atoms with Crippen LogP contribution >= 0.6 is 0 Å². The van der Waals surface area contributed by atoms with Crippen LogP contribution in [0.3, 0.4) is 0 Å². The molecule has 1 saturated heterocycles. The van der Waals surface area contributed by atoms with Gasteiger partial charge in [0.25, 0.3) is 5.91 Å². The van der Waals surface area contributed by atoms with E-state index in [0.29, 0.717) is 0 Å². The average molecular weight is 241 g/mol. The molecule has 92 valence electrons. The highest BCUT2D eigenvalue weighted by atomic mass is 19.2. The molecule has 0 saturated carbocycles. The number of carbonyl (C=O) groups is 1. The Morgan fingerprint density at radius 1 is 1.24 bits per heavy atom. The Bertz CT molecular complexity index is 417. The highest BCUT2D eigenvalue weighted by Crippen LogP contribution is 2.16. The summed E-state index contributed by atoms with van der Waals surface area (Å²) in [5.41, 5.74) is 0. The molecule has 5 heteroatoms. The molecule has 3 nitrogen and oxygen atoms in total. The van der Waals surface area contributed by atoms with Crippen LogP contribution in [0.2, 0.25) is 0 Å². The second kappa shape index (κ2) is 5.12. The van der Waals surface area contributed by atoms with Gasteiger partial charge < -0.3 is 9.64 Å². The van der Waals surface area contributed by atoms with Gasteiger partial charge in [-0.25, -0.2) is 8.78 Å². The molecule has 0 aromatic heterocycles. The normalized spacial score (nSPS) is 15.1. The van der Waals surface area contributed by atoms with E-state index in [9.17, 15) is 13.6 Å². The fourth-order valence-electron chi connectivity index (χ4n) is 1.77. The maximum Gasteiger partial charge on any atom is 0.260 e. The maximum absolute atomic E-state index is 12.9. The monoisotopic (exact) mass is 241 g/mol. The molecular weight excluding hydrogens is 228 g/mol. The third-order valence-corrected chi connectivity index (χ3v) is 2.71. The average Bonchev–Trinajstić information content (AvgIpc) is 2.84. The van der Waals surface area contributed by atoms with Crippen molar-refractivity contribution in [1.29, 1.82) is 0 Å². The van der Waals surface area contributed by atoms with Crippen LogP contribution in [0.25, 0.3) is 0 Å². The molecule has 1 aromatic rings. The van der Waals surface area contributed by atoms with Gasteiger partial charge in [0.05, 0.1) is 0 Å².